The van der Waals surface area contributed by atoms with Crippen LogP contribution in [-0.4, -0.2) is 82.7 Å². The molecule has 0 aromatic carbocycles. The van der Waals surface area contributed by atoms with Crippen LogP contribution in [0.4, 0.5) is 0 Å². The molecule has 8 nitrogen and oxygen atoms in total. The molecule has 5 saturated carbocycles. The minimum absolute atomic E-state index is 0.0751. The van der Waals surface area contributed by atoms with Gasteiger partial charge in [-0.2, -0.15) is 0 Å². The highest BCUT2D eigenvalue weighted by atomic mass is 16.5. The number of hydrogen-bond acceptors (Lipinski definition) is 6. The normalized spacial score (nSPS) is 40.0. The molecule has 8 rings (SSSR count). The number of aliphatic hydroxyl groups excluding tert-OH is 1. The van der Waals surface area contributed by atoms with Crippen molar-refractivity contribution in [1.29, 1.82) is 0 Å². The van der Waals surface area contributed by atoms with Crippen LogP contribution >= 0.6 is 0 Å². The highest BCUT2D eigenvalue weighted by molar-refractivity contribution is 6.02. The van der Waals surface area contributed by atoms with Gasteiger partial charge in [0.05, 0.1) is 18.3 Å². The number of nitrogens with zero attached hydrogens (tertiary/aromatic N) is 2. The second-order valence-electron chi connectivity index (χ2n) is 19.5. The summed E-state index contributed by atoms with van der Waals surface area (Å²) in [6.45, 7) is 5.56. The molecule has 0 aromatic heterocycles. The monoisotopic (exact) mass is 748 g/mol. The summed E-state index contributed by atoms with van der Waals surface area (Å²) in [6, 6.07) is 0.252. The Morgan fingerprint density at radius 2 is 1.33 bits per heavy atom. The molecule has 0 aromatic rings. The van der Waals surface area contributed by atoms with E-state index in [9.17, 15) is 19.5 Å². The molecule has 8 heteroatoms. The SMILES string of the molecule is CC/C(=C(\C1CCC(O)CC1)C1CCC(OC2CCC(N3CCC(C4CCC5C(=O)N(C6CCC(=O)NC6=O)CC5C4)CC3)CC2)CC1)C1CCCCC1. The molecule has 3 heterocycles. The molecular weight excluding hydrogens is 675 g/mol. The summed E-state index contributed by atoms with van der Waals surface area (Å²) in [4.78, 5) is 42.2. The van der Waals surface area contributed by atoms with Crippen LogP contribution in [0.15, 0.2) is 11.1 Å². The zero-order chi connectivity index (χ0) is 37.2. The summed E-state index contributed by atoms with van der Waals surface area (Å²) < 4.78 is 6.92. The Bertz CT molecular complexity index is 1330. The third kappa shape index (κ3) is 8.71. The quantitative estimate of drug-likeness (QED) is 0.183. The van der Waals surface area contributed by atoms with E-state index in [1.165, 1.54) is 129 Å². The topological polar surface area (TPSA) is 99.2 Å². The Kier molecular flexibility index (Phi) is 12.9. The zero-order valence-corrected chi connectivity index (χ0v) is 33.7. The first kappa shape index (κ1) is 39.1. The second-order valence-corrected chi connectivity index (χ2v) is 19.5. The van der Waals surface area contributed by atoms with Gasteiger partial charge < -0.3 is 19.6 Å². The van der Waals surface area contributed by atoms with E-state index in [-0.39, 0.29) is 29.7 Å². The molecule has 302 valence electrons. The summed E-state index contributed by atoms with van der Waals surface area (Å²) in [5, 5.41) is 12.8. The van der Waals surface area contributed by atoms with Crippen LogP contribution in [0.5, 0.6) is 0 Å². The van der Waals surface area contributed by atoms with Gasteiger partial charge in [0.25, 0.3) is 0 Å². The minimum atomic E-state index is -0.457. The highest BCUT2D eigenvalue weighted by Gasteiger charge is 2.49. The van der Waals surface area contributed by atoms with Crippen molar-refractivity contribution in [2.45, 2.75) is 198 Å². The van der Waals surface area contributed by atoms with Crippen molar-refractivity contribution in [1.82, 2.24) is 15.1 Å². The van der Waals surface area contributed by atoms with Gasteiger partial charge in [-0.05, 0) is 183 Å². The van der Waals surface area contributed by atoms with Crippen LogP contribution in [0.3, 0.4) is 0 Å². The first-order valence-electron chi connectivity index (χ1n) is 23.3. The number of piperidine rings is 2. The Morgan fingerprint density at radius 1 is 0.685 bits per heavy atom. The lowest BCUT2D eigenvalue weighted by molar-refractivity contribution is -0.144. The Hall–Kier alpha value is -1.77. The Balaban J connectivity index is 0.768. The lowest BCUT2D eigenvalue weighted by Crippen LogP contribution is -2.53. The Morgan fingerprint density at radius 3 is 1.98 bits per heavy atom. The fourth-order valence-corrected chi connectivity index (χ4v) is 13.6. The first-order valence-corrected chi connectivity index (χ1v) is 23.3. The molecule has 54 heavy (non-hydrogen) atoms. The van der Waals surface area contributed by atoms with Gasteiger partial charge >= 0.3 is 0 Å². The third-order valence-electron chi connectivity index (χ3n) is 16.5. The number of imide groups is 1. The predicted molar refractivity (Wildman–Crippen MR) is 211 cm³/mol. The van der Waals surface area contributed by atoms with E-state index < -0.39 is 6.04 Å². The largest absolute Gasteiger partial charge is 0.393 e. The summed E-state index contributed by atoms with van der Waals surface area (Å²) in [7, 11) is 0. The lowest BCUT2D eigenvalue weighted by Gasteiger charge is -2.44. The number of rotatable bonds is 9. The number of ether oxygens (including phenoxy) is 1. The van der Waals surface area contributed by atoms with Crippen molar-refractivity contribution in [3.63, 3.8) is 0 Å². The number of amides is 3. The van der Waals surface area contributed by atoms with Crippen LogP contribution in [0.2, 0.25) is 0 Å². The first-order chi connectivity index (χ1) is 26.3. The van der Waals surface area contributed by atoms with Crippen molar-refractivity contribution in [2.24, 2.45) is 41.4 Å². The van der Waals surface area contributed by atoms with Crippen LogP contribution in [0.25, 0.3) is 0 Å². The molecule has 2 N–H and O–H groups in total. The molecule has 0 spiro atoms. The number of fused-ring (bicyclic) bond motifs is 1. The predicted octanol–water partition coefficient (Wildman–Crippen LogP) is 8.10. The van der Waals surface area contributed by atoms with Gasteiger partial charge in [0.15, 0.2) is 0 Å². The van der Waals surface area contributed by atoms with Gasteiger partial charge in [-0.25, -0.2) is 0 Å². The van der Waals surface area contributed by atoms with E-state index in [1.54, 1.807) is 0 Å². The number of allylic oxidation sites excluding steroid dienone is 2. The number of likely N-dealkylation sites (tertiary alicyclic amines) is 2. The van der Waals surface area contributed by atoms with Crippen LogP contribution in [0.1, 0.15) is 167 Å². The maximum absolute atomic E-state index is 13.3. The third-order valence-corrected chi connectivity index (χ3v) is 16.5. The zero-order valence-electron chi connectivity index (χ0n) is 33.7. The van der Waals surface area contributed by atoms with Gasteiger partial charge in [-0.1, -0.05) is 37.3 Å². The van der Waals surface area contributed by atoms with Crippen molar-refractivity contribution in [3.8, 4) is 0 Å². The smallest absolute Gasteiger partial charge is 0.249 e. The molecule has 0 radical (unpaired) electrons. The van der Waals surface area contributed by atoms with Crippen molar-refractivity contribution in [2.75, 3.05) is 19.6 Å². The van der Waals surface area contributed by atoms with Crippen molar-refractivity contribution < 1.29 is 24.2 Å². The standard InChI is InChI=1S/C46H73N3O5/c1-2-40(31-6-4-3-5-7-31)44(32-8-15-37(50)16-9-32)33-10-17-38(18-11-33)54-39-19-13-36(14-20-39)48-26-24-30(25-27-48)34-12-21-41-35(28-34)29-49(46(41)53)42-22-23-43(51)47-45(42)52/h30-39,41-42,50H,2-29H2,1H3,(H,47,51,52)/b44-40-. The van der Waals surface area contributed by atoms with Gasteiger partial charge in [0.1, 0.15) is 6.04 Å². The molecule has 8 aliphatic rings. The summed E-state index contributed by atoms with van der Waals surface area (Å²) >= 11 is 0. The van der Waals surface area contributed by atoms with Crippen LogP contribution in [0, 0.1) is 41.4 Å². The summed E-state index contributed by atoms with van der Waals surface area (Å²) in [6.07, 6.45) is 30.1. The molecule has 4 atom stereocenters. The summed E-state index contributed by atoms with van der Waals surface area (Å²) in [5.41, 5.74) is 3.72. The van der Waals surface area contributed by atoms with Crippen molar-refractivity contribution >= 4 is 17.7 Å². The molecule has 3 saturated heterocycles. The Labute approximate surface area is 326 Å². The lowest BCUT2D eigenvalue weighted by atomic mass is 9.67. The number of aliphatic hydroxyl groups is 1. The van der Waals surface area contributed by atoms with E-state index in [2.05, 4.69) is 17.1 Å². The fraction of sp³-hybridized carbons (Fsp3) is 0.891. The number of carbonyl (C=O) groups is 3. The maximum atomic E-state index is 13.3. The molecular formula is C46H73N3O5. The fourth-order valence-electron chi connectivity index (χ4n) is 13.6. The van der Waals surface area contributed by atoms with Gasteiger partial charge in [0.2, 0.25) is 17.7 Å². The van der Waals surface area contributed by atoms with Crippen LogP contribution in [-0.2, 0) is 19.1 Å². The highest BCUT2D eigenvalue weighted by Crippen LogP contribution is 2.48. The summed E-state index contributed by atoms with van der Waals surface area (Å²) in [5.74, 6) is 3.83. The van der Waals surface area contributed by atoms with Gasteiger partial charge in [0, 0.05) is 24.9 Å². The average molecular weight is 748 g/mol. The van der Waals surface area contributed by atoms with Gasteiger partial charge in [-0.15, -0.1) is 0 Å². The van der Waals surface area contributed by atoms with E-state index >= 15 is 0 Å². The number of nitrogens with one attached hydrogen (secondary N) is 1. The molecule has 5 aliphatic carbocycles. The molecule has 4 unspecified atom stereocenters. The van der Waals surface area contributed by atoms with Gasteiger partial charge in [-0.3, -0.25) is 19.7 Å². The molecule has 8 fully saturated rings. The average Bonchev–Trinajstić information content (AvgIpc) is 3.53. The molecule has 3 amide bonds. The number of hydrogen-bond donors (Lipinski definition) is 2. The van der Waals surface area contributed by atoms with Crippen molar-refractivity contribution in [3.05, 3.63) is 11.1 Å². The molecule has 3 aliphatic heterocycles. The van der Waals surface area contributed by atoms with E-state index in [0.717, 1.165) is 49.9 Å². The van der Waals surface area contributed by atoms with E-state index in [1.807, 2.05) is 16.0 Å². The molecule has 0 bridgehead atoms. The van der Waals surface area contributed by atoms with E-state index in [4.69, 9.17) is 4.74 Å². The van der Waals surface area contributed by atoms with Crippen LogP contribution < -0.4 is 5.32 Å². The maximum Gasteiger partial charge on any atom is 0.249 e. The van der Waals surface area contributed by atoms with E-state index in [0.29, 0.717) is 55.4 Å². The number of carbonyl (C=O) groups excluding carboxylic acids is 3. The second kappa shape index (κ2) is 17.8. The minimum Gasteiger partial charge on any atom is -0.393 e.